The van der Waals surface area contributed by atoms with Gasteiger partial charge in [-0.1, -0.05) is 73.4 Å². The van der Waals surface area contributed by atoms with Gasteiger partial charge in [0.05, 0.1) is 18.2 Å². The number of phenols is 1. The first-order chi connectivity index (χ1) is 28.5. The number of nitrogens with one attached hydrogen (secondary N) is 4. The molecule has 17 heteroatoms. The lowest BCUT2D eigenvalue weighted by Gasteiger charge is -2.39. The van der Waals surface area contributed by atoms with Gasteiger partial charge in [-0.2, -0.15) is 0 Å². The summed E-state index contributed by atoms with van der Waals surface area (Å²) in [5.74, 6) is -2.85. The number of methoxy groups -OCH3 is 1. The van der Waals surface area contributed by atoms with Gasteiger partial charge < -0.3 is 30.1 Å². The number of nitrogens with zero attached hydrogens (tertiary/aromatic N) is 3. The Morgan fingerprint density at radius 3 is 2.30 bits per heavy atom. The molecule has 0 radical (unpaired) electrons. The standard InChI is InChI=1S/C43H67N7O9S/c1-10-14-36(52)59-25-50(42(56)37(27(5)11-2)46-40(55)34-15-12-13-20-49(34)8)35(26(3)4)22-29(7)41-45-33(24-60-41)39(54)44-31(23-30-16-18-32(51)19-17-30)21-28(6)38(53)47-48-43(57)58-9/h16-19,24,26-29,31,34-35,37,51H,10-15,20-23,25H2,1-9H3,(H,44,54)(H,46,55)(H,47,53)(H,48,57)/t27-,28-,29+,31+,34+,35+,37?/m0/s1. The monoisotopic (exact) mass is 857 g/mol. The highest BCUT2D eigenvalue weighted by Gasteiger charge is 2.38. The lowest BCUT2D eigenvalue weighted by atomic mass is 9.90. The van der Waals surface area contributed by atoms with Gasteiger partial charge in [0.25, 0.3) is 5.91 Å². The molecule has 0 saturated carbocycles. The maximum absolute atomic E-state index is 14.7. The van der Waals surface area contributed by atoms with Crippen LogP contribution in [-0.2, 0) is 35.1 Å². The van der Waals surface area contributed by atoms with Crippen LogP contribution in [0, 0.1) is 17.8 Å². The number of likely N-dealkylation sites (tertiary alicyclic amines) is 1. The molecule has 60 heavy (non-hydrogen) atoms. The van der Waals surface area contributed by atoms with Crippen molar-refractivity contribution in [3.05, 3.63) is 45.9 Å². The van der Waals surface area contributed by atoms with Gasteiger partial charge in [0.2, 0.25) is 17.7 Å². The van der Waals surface area contributed by atoms with Gasteiger partial charge in [-0.05, 0) is 81.6 Å². The van der Waals surface area contributed by atoms with Crippen molar-refractivity contribution in [3.63, 3.8) is 0 Å². The zero-order valence-corrected chi connectivity index (χ0v) is 37.6. The van der Waals surface area contributed by atoms with Crippen LogP contribution in [0.2, 0.25) is 0 Å². The number of esters is 1. The van der Waals surface area contributed by atoms with Crippen molar-refractivity contribution in [2.45, 2.75) is 136 Å². The minimum absolute atomic E-state index is 0.0792. The first kappa shape index (κ1) is 49.6. The number of aromatic hydroxyl groups is 1. The number of rotatable bonds is 21. The molecule has 1 unspecified atom stereocenters. The second-order valence-corrected chi connectivity index (χ2v) is 17.3. The number of hydrazine groups is 1. The van der Waals surface area contributed by atoms with E-state index in [0.717, 1.165) is 24.9 Å². The van der Waals surface area contributed by atoms with E-state index in [1.54, 1.807) is 41.5 Å². The number of phenolic OH excluding ortho intramolecular Hbond substituents is 1. The van der Waals surface area contributed by atoms with E-state index in [-0.39, 0.29) is 66.6 Å². The zero-order valence-electron chi connectivity index (χ0n) is 36.7. The van der Waals surface area contributed by atoms with Gasteiger partial charge in [0.15, 0.2) is 6.73 Å². The molecule has 2 heterocycles. The van der Waals surface area contributed by atoms with E-state index in [0.29, 0.717) is 37.1 Å². The van der Waals surface area contributed by atoms with E-state index in [4.69, 9.17) is 9.72 Å². The van der Waals surface area contributed by atoms with E-state index >= 15 is 0 Å². The fourth-order valence-corrected chi connectivity index (χ4v) is 8.16. The van der Waals surface area contributed by atoms with Gasteiger partial charge in [-0.3, -0.25) is 34.3 Å². The van der Waals surface area contributed by atoms with E-state index in [9.17, 15) is 33.9 Å². The molecular weight excluding hydrogens is 791 g/mol. The second kappa shape index (κ2) is 24.5. The van der Waals surface area contributed by atoms with Crippen LogP contribution in [0.15, 0.2) is 29.6 Å². The number of aromatic nitrogens is 1. The van der Waals surface area contributed by atoms with E-state index in [1.165, 1.54) is 18.4 Å². The minimum atomic E-state index is -0.832. The molecule has 5 amide bonds. The number of hydrogen-bond acceptors (Lipinski definition) is 12. The Kier molecular flexibility index (Phi) is 20.2. The molecule has 1 aliphatic heterocycles. The van der Waals surface area contributed by atoms with Crippen LogP contribution in [0.5, 0.6) is 5.75 Å². The summed E-state index contributed by atoms with van der Waals surface area (Å²) < 4.78 is 10.2. The molecule has 3 rings (SSSR count). The lowest BCUT2D eigenvalue weighted by Crippen LogP contribution is -2.59. The predicted octanol–water partition coefficient (Wildman–Crippen LogP) is 5.27. The molecule has 2 aromatic rings. The Morgan fingerprint density at radius 2 is 1.68 bits per heavy atom. The Balaban J connectivity index is 1.84. The summed E-state index contributed by atoms with van der Waals surface area (Å²) in [5, 5.41) is 18.3. The number of amides is 5. The van der Waals surface area contributed by atoms with Gasteiger partial charge >= 0.3 is 12.1 Å². The van der Waals surface area contributed by atoms with Gasteiger partial charge in [0.1, 0.15) is 17.5 Å². The van der Waals surface area contributed by atoms with Gasteiger partial charge in [-0.15, -0.1) is 11.3 Å². The van der Waals surface area contributed by atoms with Crippen molar-refractivity contribution in [3.8, 4) is 5.75 Å². The molecule has 0 aliphatic carbocycles. The summed E-state index contributed by atoms with van der Waals surface area (Å²) in [7, 11) is 3.11. The zero-order chi connectivity index (χ0) is 44.5. The third-order valence-corrected chi connectivity index (χ3v) is 12.3. The first-order valence-electron chi connectivity index (χ1n) is 21.1. The summed E-state index contributed by atoms with van der Waals surface area (Å²) in [6, 6.07) is 4.46. The molecule has 7 atom stereocenters. The summed E-state index contributed by atoms with van der Waals surface area (Å²) in [6.07, 6.45) is 4.29. The number of likely N-dealkylation sites (N-methyl/N-ethyl adjacent to an activating group) is 1. The van der Waals surface area contributed by atoms with E-state index in [1.807, 2.05) is 53.5 Å². The van der Waals surface area contributed by atoms with Crippen LogP contribution in [0.3, 0.4) is 0 Å². The van der Waals surface area contributed by atoms with Crippen LogP contribution in [0.25, 0.3) is 0 Å². The van der Waals surface area contributed by atoms with Crippen molar-refractivity contribution in [2.75, 3.05) is 27.4 Å². The van der Waals surface area contributed by atoms with Crippen LogP contribution < -0.4 is 21.5 Å². The van der Waals surface area contributed by atoms with Crippen LogP contribution in [0.4, 0.5) is 4.79 Å². The Hall–Kier alpha value is -4.77. The molecule has 0 spiro atoms. The number of carbonyl (C=O) groups excluding carboxylic acids is 6. The predicted molar refractivity (Wildman–Crippen MR) is 229 cm³/mol. The van der Waals surface area contributed by atoms with Crippen molar-refractivity contribution in [1.29, 1.82) is 0 Å². The number of ether oxygens (including phenoxy) is 2. The molecule has 5 N–H and O–H groups in total. The maximum Gasteiger partial charge on any atom is 0.425 e. The third-order valence-electron chi connectivity index (χ3n) is 11.2. The smallest absolute Gasteiger partial charge is 0.425 e. The van der Waals surface area contributed by atoms with E-state index in [2.05, 4.69) is 26.2 Å². The molecular formula is C43H67N7O9S. The summed E-state index contributed by atoms with van der Waals surface area (Å²) >= 11 is 1.32. The van der Waals surface area contributed by atoms with Crippen molar-refractivity contribution < 1.29 is 43.3 Å². The van der Waals surface area contributed by atoms with E-state index < -0.39 is 47.9 Å². The molecule has 0 bridgehead atoms. The SMILES string of the molecule is CCCC(=O)OCN(C(=O)C(NC(=O)[C@H]1CCCCN1C)[C@@H](C)CC)[C@H](C[C@@H](C)c1nc(C(=O)N[C@@H](Cc2ccc(O)cc2)C[C@H](C)C(=O)NNC(=O)OC)cs1)C(C)C. The highest BCUT2D eigenvalue weighted by atomic mass is 32.1. The molecule has 1 aromatic heterocycles. The summed E-state index contributed by atoms with van der Waals surface area (Å²) in [5.41, 5.74) is 5.49. The quantitative estimate of drug-likeness (QED) is 0.0621. The van der Waals surface area contributed by atoms with Crippen LogP contribution in [0.1, 0.15) is 127 Å². The average Bonchev–Trinajstić information content (AvgIpc) is 3.73. The van der Waals surface area contributed by atoms with Crippen molar-refractivity contribution in [2.24, 2.45) is 17.8 Å². The molecule has 16 nitrogen and oxygen atoms in total. The van der Waals surface area contributed by atoms with Crippen LogP contribution in [-0.4, -0.2) is 107 Å². The largest absolute Gasteiger partial charge is 0.508 e. The second-order valence-electron chi connectivity index (χ2n) is 16.4. The normalized spacial score (nSPS) is 17.3. The highest BCUT2D eigenvalue weighted by molar-refractivity contribution is 7.09. The van der Waals surface area contributed by atoms with Gasteiger partial charge in [0, 0.05) is 35.7 Å². The molecule has 1 aromatic carbocycles. The number of piperidine rings is 1. The fraction of sp³-hybridized carbons (Fsp3) is 0.651. The molecule has 1 aliphatic rings. The average molecular weight is 858 g/mol. The van der Waals surface area contributed by atoms with Crippen molar-refractivity contribution >= 4 is 47.0 Å². The number of carbonyl (C=O) groups is 6. The maximum atomic E-state index is 14.7. The Bertz CT molecular complexity index is 1720. The molecule has 334 valence electrons. The van der Waals surface area contributed by atoms with Crippen LogP contribution >= 0.6 is 11.3 Å². The third kappa shape index (κ3) is 15.0. The first-order valence-corrected chi connectivity index (χ1v) is 22.0. The summed E-state index contributed by atoms with van der Waals surface area (Å²) in [6.45, 7) is 14.0. The highest BCUT2D eigenvalue weighted by Crippen LogP contribution is 2.30. The Labute approximate surface area is 358 Å². The lowest BCUT2D eigenvalue weighted by molar-refractivity contribution is -0.159. The molecule has 1 fully saturated rings. The topological polar surface area (TPSA) is 209 Å². The van der Waals surface area contributed by atoms with Gasteiger partial charge in [-0.25, -0.2) is 15.2 Å². The minimum Gasteiger partial charge on any atom is -0.508 e. The van der Waals surface area contributed by atoms with Crippen molar-refractivity contribution in [1.82, 2.24) is 36.3 Å². The number of thiazole rings is 1. The Morgan fingerprint density at radius 1 is 0.983 bits per heavy atom. The fourth-order valence-electron chi connectivity index (χ4n) is 7.29. The number of hydrogen-bond donors (Lipinski definition) is 5. The summed E-state index contributed by atoms with van der Waals surface area (Å²) in [4.78, 5) is 87.4. The number of benzene rings is 1. The molecule has 1 saturated heterocycles.